The molecule has 0 bridgehead atoms. The zero-order chi connectivity index (χ0) is 13.7. The highest BCUT2D eigenvalue weighted by Gasteiger charge is 2.15. The lowest BCUT2D eigenvalue weighted by Gasteiger charge is -2.08. The van der Waals surface area contributed by atoms with E-state index in [1.165, 1.54) is 12.1 Å². The lowest BCUT2D eigenvalue weighted by atomic mass is 10.1. The molecule has 0 spiro atoms. The number of anilines is 2. The predicted octanol–water partition coefficient (Wildman–Crippen LogP) is 4.42. The molecule has 2 N–H and O–H groups in total. The zero-order valence-corrected chi connectivity index (χ0v) is 10.9. The normalized spacial score (nSPS) is 12.7. The monoisotopic (exact) mass is 265 g/mol. The Hall–Kier alpha value is -2.62. The molecule has 0 radical (unpaired) electrons. The Labute approximate surface area is 115 Å². The molecule has 0 saturated carbocycles. The molecule has 4 heteroatoms. The van der Waals surface area contributed by atoms with E-state index in [-0.39, 0.29) is 5.82 Å². The van der Waals surface area contributed by atoms with Gasteiger partial charge in [0.25, 0.3) is 0 Å². The van der Waals surface area contributed by atoms with E-state index in [0.29, 0.717) is 0 Å². The summed E-state index contributed by atoms with van der Waals surface area (Å²) in [7, 11) is 0. The van der Waals surface area contributed by atoms with Gasteiger partial charge in [-0.2, -0.15) is 0 Å². The van der Waals surface area contributed by atoms with Gasteiger partial charge in [-0.15, -0.1) is 0 Å². The first-order chi connectivity index (χ1) is 9.70. The van der Waals surface area contributed by atoms with Crippen LogP contribution in [0.3, 0.4) is 0 Å². The Bertz CT molecular complexity index is 862. The molecular weight excluding hydrogens is 253 g/mol. The minimum absolute atomic E-state index is 0.244. The van der Waals surface area contributed by atoms with Crippen LogP contribution < -0.4 is 5.32 Å². The van der Waals surface area contributed by atoms with Gasteiger partial charge in [0.2, 0.25) is 0 Å². The molecule has 3 nitrogen and oxygen atoms in total. The average Bonchev–Trinajstić information content (AvgIpc) is 2.65. The van der Waals surface area contributed by atoms with E-state index in [4.69, 9.17) is 0 Å². The predicted molar refractivity (Wildman–Crippen MR) is 80.0 cm³/mol. The minimum Gasteiger partial charge on any atom is -0.352 e. The summed E-state index contributed by atoms with van der Waals surface area (Å²) in [5.41, 5.74) is 5.59. The maximum atomic E-state index is 13.5. The quantitative estimate of drug-likeness (QED) is 0.485. The van der Waals surface area contributed by atoms with Crippen molar-refractivity contribution in [1.82, 2.24) is 4.98 Å². The number of aryl methyl sites for hydroxylation is 1. The molecule has 1 aromatic heterocycles. The van der Waals surface area contributed by atoms with Crippen LogP contribution in [0, 0.1) is 12.7 Å². The van der Waals surface area contributed by atoms with Crippen molar-refractivity contribution >= 4 is 34.2 Å². The number of halogens is 1. The second-order valence-electron chi connectivity index (χ2n) is 5.01. The van der Waals surface area contributed by atoms with Gasteiger partial charge in [-0.05, 0) is 42.8 Å². The summed E-state index contributed by atoms with van der Waals surface area (Å²) < 4.78 is 13.5. The number of aliphatic imine (C=N–C) groups is 1. The standard InChI is InChI=1S/C16H12FN3/c1-9-2-4-13-14(6-9)20-16-11-7-10(17)3-5-12(11)19-15(16)8-18-13/h2-8,19-20H,1H3. The Morgan fingerprint density at radius 2 is 2.00 bits per heavy atom. The number of aromatic nitrogens is 1. The molecule has 2 aromatic carbocycles. The number of hydrogen-bond donors (Lipinski definition) is 2. The van der Waals surface area contributed by atoms with Gasteiger partial charge in [0.15, 0.2) is 0 Å². The SMILES string of the molecule is Cc1ccc2c(c1)Nc1c([nH]c3ccc(F)cc13)C=N2. The second kappa shape index (κ2) is 3.93. The third-order valence-corrected chi connectivity index (χ3v) is 3.53. The van der Waals surface area contributed by atoms with Crippen molar-refractivity contribution in [3.8, 4) is 0 Å². The maximum absolute atomic E-state index is 13.5. The first-order valence-corrected chi connectivity index (χ1v) is 6.44. The Kier molecular flexibility index (Phi) is 2.21. The number of aromatic amines is 1. The largest absolute Gasteiger partial charge is 0.352 e. The van der Waals surface area contributed by atoms with Crippen molar-refractivity contribution < 1.29 is 4.39 Å². The fourth-order valence-electron chi connectivity index (χ4n) is 2.55. The summed E-state index contributed by atoms with van der Waals surface area (Å²) in [6.45, 7) is 2.03. The van der Waals surface area contributed by atoms with Gasteiger partial charge >= 0.3 is 0 Å². The summed E-state index contributed by atoms with van der Waals surface area (Å²) in [6.07, 6.45) is 1.78. The molecule has 1 aliphatic rings. The van der Waals surface area contributed by atoms with Gasteiger partial charge in [-0.25, -0.2) is 4.39 Å². The van der Waals surface area contributed by atoms with Crippen LogP contribution >= 0.6 is 0 Å². The van der Waals surface area contributed by atoms with E-state index in [0.717, 1.165) is 39.2 Å². The maximum Gasteiger partial charge on any atom is 0.124 e. The molecule has 0 atom stereocenters. The second-order valence-corrected chi connectivity index (χ2v) is 5.01. The van der Waals surface area contributed by atoms with Crippen molar-refractivity contribution in [3.05, 3.63) is 53.5 Å². The molecule has 4 rings (SSSR count). The molecule has 0 unspecified atom stereocenters. The molecule has 0 fully saturated rings. The van der Waals surface area contributed by atoms with Gasteiger partial charge in [0.1, 0.15) is 5.82 Å². The minimum atomic E-state index is -0.244. The van der Waals surface area contributed by atoms with E-state index in [2.05, 4.69) is 15.3 Å². The van der Waals surface area contributed by atoms with E-state index < -0.39 is 0 Å². The molecule has 0 aliphatic carbocycles. The first kappa shape index (κ1) is 11.2. The first-order valence-electron chi connectivity index (χ1n) is 6.44. The molecular formula is C16H12FN3. The topological polar surface area (TPSA) is 40.2 Å². The van der Waals surface area contributed by atoms with Crippen molar-refractivity contribution in [2.24, 2.45) is 4.99 Å². The Morgan fingerprint density at radius 3 is 2.90 bits per heavy atom. The van der Waals surface area contributed by atoms with Crippen LogP contribution in [0.25, 0.3) is 10.9 Å². The zero-order valence-electron chi connectivity index (χ0n) is 10.9. The van der Waals surface area contributed by atoms with E-state index in [1.54, 1.807) is 12.3 Å². The summed E-state index contributed by atoms with van der Waals surface area (Å²) in [4.78, 5) is 7.73. The van der Waals surface area contributed by atoms with E-state index >= 15 is 0 Å². The van der Waals surface area contributed by atoms with Crippen molar-refractivity contribution in [2.45, 2.75) is 6.92 Å². The molecule has 3 aromatic rings. The van der Waals surface area contributed by atoms with Crippen LogP contribution in [0.5, 0.6) is 0 Å². The van der Waals surface area contributed by atoms with Crippen molar-refractivity contribution in [3.63, 3.8) is 0 Å². The van der Waals surface area contributed by atoms with Crippen LogP contribution in [0.2, 0.25) is 0 Å². The van der Waals surface area contributed by atoms with Crippen LogP contribution in [-0.2, 0) is 0 Å². The molecule has 98 valence electrons. The summed E-state index contributed by atoms with van der Waals surface area (Å²) in [5.74, 6) is -0.244. The molecule has 20 heavy (non-hydrogen) atoms. The third-order valence-electron chi connectivity index (χ3n) is 3.53. The number of H-pyrrole nitrogens is 1. The highest BCUT2D eigenvalue weighted by Crippen LogP contribution is 2.37. The molecule has 0 amide bonds. The van der Waals surface area contributed by atoms with Gasteiger partial charge < -0.3 is 10.3 Å². The molecule has 1 aliphatic heterocycles. The van der Waals surface area contributed by atoms with Crippen LogP contribution in [-0.4, -0.2) is 11.2 Å². The highest BCUT2D eigenvalue weighted by molar-refractivity contribution is 6.06. The van der Waals surface area contributed by atoms with Crippen LogP contribution in [0.15, 0.2) is 41.4 Å². The summed E-state index contributed by atoms with van der Waals surface area (Å²) in [5, 5.41) is 4.21. The number of rotatable bonds is 0. The highest BCUT2D eigenvalue weighted by atomic mass is 19.1. The lowest BCUT2D eigenvalue weighted by Crippen LogP contribution is -1.91. The van der Waals surface area contributed by atoms with E-state index in [1.807, 2.05) is 25.1 Å². The average molecular weight is 265 g/mol. The fraction of sp³-hybridized carbons (Fsp3) is 0.0625. The fourth-order valence-corrected chi connectivity index (χ4v) is 2.55. The Balaban J connectivity index is 1.98. The number of nitrogens with zero attached hydrogens (tertiary/aromatic N) is 1. The Morgan fingerprint density at radius 1 is 1.10 bits per heavy atom. The van der Waals surface area contributed by atoms with Crippen LogP contribution in [0.4, 0.5) is 21.5 Å². The summed E-state index contributed by atoms with van der Waals surface area (Å²) in [6, 6.07) is 10.8. The smallest absolute Gasteiger partial charge is 0.124 e. The number of nitrogens with one attached hydrogen (secondary N) is 2. The number of hydrogen-bond acceptors (Lipinski definition) is 2. The third kappa shape index (κ3) is 1.61. The van der Waals surface area contributed by atoms with Crippen molar-refractivity contribution in [2.75, 3.05) is 5.32 Å². The van der Waals surface area contributed by atoms with Gasteiger partial charge in [0.05, 0.1) is 29.0 Å². The van der Waals surface area contributed by atoms with Crippen LogP contribution in [0.1, 0.15) is 11.3 Å². The lowest BCUT2D eigenvalue weighted by molar-refractivity contribution is 0.630. The van der Waals surface area contributed by atoms with Gasteiger partial charge in [-0.1, -0.05) is 6.07 Å². The summed E-state index contributed by atoms with van der Waals surface area (Å²) >= 11 is 0. The number of benzene rings is 2. The molecule has 0 saturated heterocycles. The van der Waals surface area contributed by atoms with Crippen molar-refractivity contribution in [1.29, 1.82) is 0 Å². The van der Waals surface area contributed by atoms with Gasteiger partial charge in [-0.3, -0.25) is 4.99 Å². The molecule has 2 heterocycles. The van der Waals surface area contributed by atoms with Gasteiger partial charge in [0, 0.05) is 10.9 Å². The van der Waals surface area contributed by atoms with E-state index in [9.17, 15) is 4.39 Å². The number of fused-ring (bicyclic) bond motifs is 4.